The van der Waals surface area contributed by atoms with E-state index in [0.717, 1.165) is 42.5 Å². The molecular weight excluding hydrogens is 428 g/mol. The lowest BCUT2D eigenvalue weighted by Gasteiger charge is -2.22. The Morgan fingerprint density at radius 1 is 1.28 bits per heavy atom. The van der Waals surface area contributed by atoms with Crippen molar-refractivity contribution in [3.8, 4) is 0 Å². The van der Waals surface area contributed by atoms with E-state index in [4.69, 9.17) is 14.2 Å². The van der Waals surface area contributed by atoms with E-state index in [1.807, 2.05) is 25.2 Å². The minimum Gasteiger partial charge on any atom is -0.465 e. The van der Waals surface area contributed by atoms with Crippen LogP contribution in [0.3, 0.4) is 0 Å². The third-order valence-corrected chi connectivity index (χ3v) is 7.25. The Kier molecular flexibility index (Phi) is 6.86. The molecule has 3 aromatic heterocycles. The van der Waals surface area contributed by atoms with Crippen molar-refractivity contribution in [3.63, 3.8) is 0 Å². The maximum Gasteiger partial charge on any atom is 0.350 e. The third-order valence-electron chi connectivity index (χ3n) is 6.17. The number of hydrogen-bond donors (Lipinski definition) is 1. The van der Waals surface area contributed by atoms with Crippen molar-refractivity contribution in [2.24, 2.45) is 5.92 Å². The van der Waals surface area contributed by atoms with Crippen LogP contribution in [0.25, 0.3) is 10.2 Å². The minimum absolute atomic E-state index is 0.0110. The van der Waals surface area contributed by atoms with Gasteiger partial charge in [-0.3, -0.25) is 9.69 Å². The molecule has 1 atom stereocenters. The van der Waals surface area contributed by atoms with Gasteiger partial charge in [0.15, 0.2) is 0 Å². The molecule has 0 aliphatic heterocycles. The van der Waals surface area contributed by atoms with Gasteiger partial charge in [-0.2, -0.15) is 0 Å². The maximum atomic E-state index is 12.9. The standard InChI is InChI=1S/C23H28N4O4S/c1-14(18-11-12-31-26-18)27(2)13-16-9-10-17-19(20(23(29)30-3)32-22(17)24-16)25-21(28)15-7-5-4-6-8-15/h9-12,14-15H,4-8,13H2,1-3H3,(H,25,28). The summed E-state index contributed by atoms with van der Waals surface area (Å²) < 4.78 is 9.92. The SMILES string of the molecule is COC(=O)c1sc2nc(CN(C)C(C)c3ccon3)ccc2c1NC(=O)C1CCCCC1. The van der Waals surface area contributed by atoms with E-state index >= 15 is 0 Å². The summed E-state index contributed by atoms with van der Waals surface area (Å²) in [4.78, 5) is 33.3. The summed E-state index contributed by atoms with van der Waals surface area (Å²) in [7, 11) is 3.34. The van der Waals surface area contributed by atoms with Gasteiger partial charge in [-0.1, -0.05) is 24.4 Å². The number of hydrogen-bond acceptors (Lipinski definition) is 8. The molecule has 1 saturated carbocycles. The Hall–Kier alpha value is -2.78. The Bertz CT molecular complexity index is 1090. The Morgan fingerprint density at radius 3 is 2.75 bits per heavy atom. The molecule has 0 radical (unpaired) electrons. The van der Waals surface area contributed by atoms with E-state index in [1.54, 1.807) is 6.26 Å². The Morgan fingerprint density at radius 2 is 2.06 bits per heavy atom. The molecular formula is C23H28N4O4S. The number of ether oxygens (including phenoxy) is 1. The van der Waals surface area contributed by atoms with Gasteiger partial charge in [0.1, 0.15) is 21.7 Å². The number of carbonyl (C=O) groups is 2. The number of esters is 1. The smallest absolute Gasteiger partial charge is 0.350 e. The summed E-state index contributed by atoms with van der Waals surface area (Å²) in [5.74, 6) is -0.506. The van der Waals surface area contributed by atoms with Crippen molar-refractivity contribution in [2.45, 2.75) is 51.6 Å². The second-order valence-electron chi connectivity index (χ2n) is 8.29. The molecule has 0 aromatic carbocycles. The molecule has 4 rings (SSSR count). The first-order valence-electron chi connectivity index (χ1n) is 10.9. The van der Waals surface area contributed by atoms with Gasteiger partial charge < -0.3 is 14.6 Å². The van der Waals surface area contributed by atoms with Gasteiger partial charge in [-0.05, 0) is 38.9 Å². The molecule has 1 aliphatic rings. The monoisotopic (exact) mass is 456 g/mol. The zero-order valence-corrected chi connectivity index (χ0v) is 19.4. The number of rotatable bonds is 7. The van der Waals surface area contributed by atoms with Crippen molar-refractivity contribution in [2.75, 3.05) is 19.5 Å². The fourth-order valence-corrected chi connectivity index (χ4v) is 5.18. The average molecular weight is 457 g/mol. The number of carbonyl (C=O) groups excluding carboxylic acids is 2. The highest BCUT2D eigenvalue weighted by molar-refractivity contribution is 7.21. The Balaban J connectivity index is 1.59. The van der Waals surface area contributed by atoms with Crippen LogP contribution in [0.1, 0.15) is 66.1 Å². The highest BCUT2D eigenvalue weighted by Gasteiger charge is 2.26. The lowest BCUT2D eigenvalue weighted by Crippen LogP contribution is -2.25. The maximum absolute atomic E-state index is 12.9. The van der Waals surface area contributed by atoms with Crippen LogP contribution in [0.4, 0.5) is 5.69 Å². The fraction of sp³-hybridized carbons (Fsp3) is 0.478. The normalized spacial score (nSPS) is 15.8. The van der Waals surface area contributed by atoms with Gasteiger partial charge >= 0.3 is 5.97 Å². The number of nitrogens with zero attached hydrogens (tertiary/aromatic N) is 3. The molecule has 1 aliphatic carbocycles. The highest BCUT2D eigenvalue weighted by atomic mass is 32.1. The van der Waals surface area contributed by atoms with Crippen molar-refractivity contribution in [1.82, 2.24) is 15.0 Å². The van der Waals surface area contributed by atoms with Crippen LogP contribution < -0.4 is 5.32 Å². The van der Waals surface area contributed by atoms with Crippen molar-refractivity contribution in [1.29, 1.82) is 0 Å². The summed E-state index contributed by atoms with van der Waals surface area (Å²) in [6, 6.07) is 5.76. The molecule has 1 amide bonds. The van der Waals surface area contributed by atoms with Crippen LogP contribution >= 0.6 is 11.3 Å². The van der Waals surface area contributed by atoms with Crippen LogP contribution in [0, 0.1) is 5.92 Å². The third kappa shape index (κ3) is 4.68. The molecule has 0 spiro atoms. The van der Waals surface area contributed by atoms with Crippen LogP contribution in [0.2, 0.25) is 0 Å². The average Bonchev–Trinajstić information content (AvgIpc) is 3.47. The molecule has 0 bridgehead atoms. The van der Waals surface area contributed by atoms with E-state index in [2.05, 4.69) is 22.3 Å². The van der Waals surface area contributed by atoms with Gasteiger partial charge in [-0.15, -0.1) is 11.3 Å². The fourth-order valence-electron chi connectivity index (χ4n) is 4.11. The second-order valence-corrected chi connectivity index (χ2v) is 9.29. The number of fused-ring (bicyclic) bond motifs is 1. The number of amides is 1. The predicted molar refractivity (Wildman–Crippen MR) is 123 cm³/mol. The van der Waals surface area contributed by atoms with Crippen molar-refractivity contribution >= 4 is 39.1 Å². The van der Waals surface area contributed by atoms with E-state index in [0.29, 0.717) is 21.9 Å². The van der Waals surface area contributed by atoms with Crippen molar-refractivity contribution < 1.29 is 18.8 Å². The molecule has 32 heavy (non-hydrogen) atoms. The molecule has 1 N–H and O–H groups in total. The summed E-state index contributed by atoms with van der Waals surface area (Å²) in [6.07, 6.45) is 6.65. The molecule has 0 saturated heterocycles. The number of anilines is 1. The zero-order chi connectivity index (χ0) is 22.7. The first-order chi connectivity index (χ1) is 15.5. The lowest BCUT2D eigenvalue weighted by atomic mass is 9.88. The first kappa shape index (κ1) is 22.4. The number of nitrogens with one attached hydrogen (secondary N) is 1. The molecule has 3 aromatic rings. The molecule has 170 valence electrons. The van der Waals surface area contributed by atoms with Gasteiger partial charge in [0.05, 0.1) is 24.5 Å². The topological polar surface area (TPSA) is 97.6 Å². The minimum atomic E-state index is -0.467. The highest BCUT2D eigenvalue weighted by Crippen LogP contribution is 2.37. The first-order valence-corrected chi connectivity index (χ1v) is 11.7. The summed E-state index contributed by atoms with van der Waals surface area (Å²) >= 11 is 1.25. The molecule has 3 heterocycles. The summed E-state index contributed by atoms with van der Waals surface area (Å²) in [5, 5.41) is 7.79. The van der Waals surface area contributed by atoms with E-state index in [-0.39, 0.29) is 17.9 Å². The van der Waals surface area contributed by atoms with Gasteiger partial charge in [0, 0.05) is 23.9 Å². The van der Waals surface area contributed by atoms with E-state index < -0.39 is 5.97 Å². The van der Waals surface area contributed by atoms with Crippen LogP contribution in [-0.4, -0.2) is 41.1 Å². The van der Waals surface area contributed by atoms with Crippen LogP contribution in [0.5, 0.6) is 0 Å². The number of thiophene rings is 1. The van der Waals surface area contributed by atoms with E-state index in [1.165, 1.54) is 24.9 Å². The molecule has 9 heteroatoms. The number of pyridine rings is 1. The molecule has 1 unspecified atom stereocenters. The lowest BCUT2D eigenvalue weighted by molar-refractivity contribution is -0.120. The zero-order valence-electron chi connectivity index (χ0n) is 18.6. The number of methoxy groups -OCH3 is 1. The van der Waals surface area contributed by atoms with Crippen LogP contribution in [0.15, 0.2) is 29.0 Å². The summed E-state index contributed by atoms with van der Waals surface area (Å²) in [6.45, 7) is 2.65. The van der Waals surface area contributed by atoms with Crippen LogP contribution in [-0.2, 0) is 16.1 Å². The number of aromatic nitrogens is 2. The molecule has 1 fully saturated rings. The van der Waals surface area contributed by atoms with E-state index in [9.17, 15) is 9.59 Å². The second kappa shape index (κ2) is 9.79. The quantitative estimate of drug-likeness (QED) is 0.511. The predicted octanol–water partition coefficient (Wildman–Crippen LogP) is 4.78. The molecule has 8 nitrogen and oxygen atoms in total. The van der Waals surface area contributed by atoms with Gasteiger partial charge in [0.2, 0.25) is 5.91 Å². The largest absolute Gasteiger partial charge is 0.465 e. The Labute approximate surface area is 190 Å². The van der Waals surface area contributed by atoms with Crippen molar-refractivity contribution in [3.05, 3.63) is 40.7 Å². The van der Waals surface area contributed by atoms with Gasteiger partial charge in [0.25, 0.3) is 0 Å². The van der Waals surface area contributed by atoms with Gasteiger partial charge in [-0.25, -0.2) is 9.78 Å². The summed E-state index contributed by atoms with van der Waals surface area (Å²) in [5.41, 5.74) is 2.22.